The summed E-state index contributed by atoms with van der Waals surface area (Å²) in [6.07, 6.45) is 7.63. The molecule has 0 unspecified atom stereocenters. The Hall–Kier alpha value is -1.51. The highest BCUT2D eigenvalue weighted by atomic mass is 15.1. The van der Waals surface area contributed by atoms with E-state index in [0.29, 0.717) is 16.9 Å². The van der Waals surface area contributed by atoms with Gasteiger partial charge in [-0.1, -0.05) is 33.8 Å². The van der Waals surface area contributed by atoms with Crippen molar-refractivity contribution >= 4 is 11.5 Å². The van der Waals surface area contributed by atoms with Crippen LogP contribution in [0.4, 0.5) is 5.82 Å². The fourth-order valence-electron chi connectivity index (χ4n) is 4.22. The van der Waals surface area contributed by atoms with Gasteiger partial charge in [-0.3, -0.25) is 4.40 Å². The van der Waals surface area contributed by atoms with Crippen LogP contribution in [0.25, 0.3) is 5.65 Å². The summed E-state index contributed by atoms with van der Waals surface area (Å²) in [6, 6.07) is 6.79. The van der Waals surface area contributed by atoms with Gasteiger partial charge in [-0.25, -0.2) is 4.98 Å². The van der Waals surface area contributed by atoms with Gasteiger partial charge in [0.1, 0.15) is 11.5 Å². The highest BCUT2D eigenvalue weighted by Crippen LogP contribution is 2.46. The second-order valence-corrected chi connectivity index (χ2v) is 7.82. The third-order valence-corrected chi connectivity index (χ3v) is 4.34. The molecule has 0 saturated heterocycles. The van der Waals surface area contributed by atoms with Crippen LogP contribution >= 0.6 is 0 Å². The predicted molar refractivity (Wildman–Crippen MR) is 84.0 cm³/mol. The standard InChI is InChI=1S/C17H25N3/c1-16(2)10-13(11-17(3,4)12-16)19-15-7-5-6-14-18-8-9-20(14)15/h5-9,13,19H,10-12H2,1-4H3. The van der Waals surface area contributed by atoms with Gasteiger partial charge in [0, 0.05) is 18.4 Å². The minimum atomic E-state index is 0.405. The van der Waals surface area contributed by atoms with Crippen LogP contribution in [0, 0.1) is 10.8 Å². The SMILES string of the molecule is CC1(C)CC(Nc2cccc3nccn23)CC(C)(C)C1. The van der Waals surface area contributed by atoms with Gasteiger partial charge in [0.25, 0.3) is 0 Å². The minimum absolute atomic E-state index is 0.405. The molecule has 2 aromatic rings. The van der Waals surface area contributed by atoms with E-state index in [-0.39, 0.29) is 0 Å². The highest BCUT2D eigenvalue weighted by molar-refractivity contribution is 5.50. The summed E-state index contributed by atoms with van der Waals surface area (Å²) in [5, 5.41) is 3.74. The monoisotopic (exact) mass is 271 g/mol. The van der Waals surface area contributed by atoms with Crippen LogP contribution in [-0.2, 0) is 0 Å². The molecule has 1 fully saturated rings. The summed E-state index contributed by atoms with van der Waals surface area (Å²) < 4.78 is 2.13. The van der Waals surface area contributed by atoms with E-state index in [2.05, 4.69) is 54.5 Å². The number of pyridine rings is 1. The fourth-order valence-corrected chi connectivity index (χ4v) is 4.22. The van der Waals surface area contributed by atoms with Crippen LogP contribution in [0.1, 0.15) is 47.0 Å². The summed E-state index contributed by atoms with van der Waals surface area (Å²) >= 11 is 0. The van der Waals surface area contributed by atoms with Gasteiger partial charge in [-0.15, -0.1) is 0 Å². The number of fused-ring (bicyclic) bond motifs is 1. The van der Waals surface area contributed by atoms with Gasteiger partial charge in [0.15, 0.2) is 0 Å². The Morgan fingerprint density at radius 3 is 2.55 bits per heavy atom. The molecule has 0 amide bonds. The van der Waals surface area contributed by atoms with Crippen molar-refractivity contribution in [3.05, 3.63) is 30.6 Å². The Labute approximate surface area is 121 Å². The van der Waals surface area contributed by atoms with Crippen molar-refractivity contribution < 1.29 is 0 Å². The van der Waals surface area contributed by atoms with Crippen molar-refractivity contribution in [1.82, 2.24) is 9.38 Å². The van der Waals surface area contributed by atoms with Crippen molar-refractivity contribution in [3.8, 4) is 0 Å². The van der Waals surface area contributed by atoms with E-state index in [4.69, 9.17) is 0 Å². The lowest BCUT2D eigenvalue weighted by Gasteiger charge is -2.45. The zero-order chi connectivity index (χ0) is 14.4. The Morgan fingerprint density at radius 2 is 1.85 bits per heavy atom. The molecule has 1 aliphatic rings. The average Bonchev–Trinajstić information content (AvgIpc) is 2.73. The van der Waals surface area contributed by atoms with E-state index in [1.165, 1.54) is 19.3 Å². The van der Waals surface area contributed by atoms with Gasteiger partial charge in [0.05, 0.1) is 0 Å². The first kappa shape index (κ1) is 13.5. The van der Waals surface area contributed by atoms with E-state index in [0.717, 1.165) is 11.5 Å². The Balaban J connectivity index is 1.85. The van der Waals surface area contributed by atoms with E-state index in [9.17, 15) is 0 Å². The molecule has 0 atom stereocenters. The highest BCUT2D eigenvalue weighted by Gasteiger charge is 2.38. The second kappa shape index (κ2) is 4.51. The summed E-state index contributed by atoms with van der Waals surface area (Å²) in [6.45, 7) is 9.56. The lowest BCUT2D eigenvalue weighted by molar-refractivity contribution is 0.105. The van der Waals surface area contributed by atoms with Crippen LogP contribution in [0.3, 0.4) is 0 Å². The van der Waals surface area contributed by atoms with Crippen LogP contribution in [0.5, 0.6) is 0 Å². The van der Waals surface area contributed by atoms with Crippen molar-refractivity contribution in [3.63, 3.8) is 0 Å². The van der Waals surface area contributed by atoms with Crippen molar-refractivity contribution in [2.45, 2.75) is 53.0 Å². The summed E-state index contributed by atoms with van der Waals surface area (Å²) in [5.74, 6) is 1.15. The lowest BCUT2D eigenvalue weighted by atomic mass is 9.63. The molecule has 1 saturated carbocycles. The predicted octanol–water partition coefficient (Wildman–Crippen LogP) is 4.35. The molecule has 3 rings (SSSR count). The number of aromatic nitrogens is 2. The zero-order valence-corrected chi connectivity index (χ0v) is 13.0. The molecule has 0 aliphatic heterocycles. The molecule has 108 valence electrons. The Kier molecular flexibility index (Phi) is 3.03. The quantitative estimate of drug-likeness (QED) is 0.879. The molecule has 0 bridgehead atoms. The van der Waals surface area contributed by atoms with Gasteiger partial charge in [0.2, 0.25) is 0 Å². The lowest BCUT2D eigenvalue weighted by Crippen LogP contribution is -2.40. The summed E-state index contributed by atoms with van der Waals surface area (Å²) in [7, 11) is 0. The zero-order valence-electron chi connectivity index (χ0n) is 13.0. The van der Waals surface area contributed by atoms with Crippen LogP contribution in [-0.4, -0.2) is 15.4 Å². The normalized spacial score (nSPS) is 22.0. The third kappa shape index (κ3) is 2.67. The van der Waals surface area contributed by atoms with Crippen LogP contribution < -0.4 is 5.32 Å². The number of nitrogens with one attached hydrogen (secondary N) is 1. The molecular formula is C17H25N3. The number of rotatable bonds is 2. The van der Waals surface area contributed by atoms with Crippen molar-refractivity contribution in [2.75, 3.05) is 5.32 Å². The first-order chi connectivity index (χ1) is 9.35. The maximum absolute atomic E-state index is 4.35. The number of hydrogen-bond acceptors (Lipinski definition) is 2. The van der Waals surface area contributed by atoms with Gasteiger partial charge >= 0.3 is 0 Å². The molecule has 3 heteroatoms. The van der Waals surface area contributed by atoms with E-state index < -0.39 is 0 Å². The maximum Gasteiger partial charge on any atom is 0.138 e. The van der Waals surface area contributed by atoms with Gasteiger partial charge in [-0.2, -0.15) is 0 Å². The summed E-state index contributed by atoms with van der Waals surface area (Å²) in [4.78, 5) is 4.35. The first-order valence-electron chi connectivity index (χ1n) is 7.53. The number of nitrogens with zero attached hydrogens (tertiary/aromatic N) is 2. The second-order valence-electron chi connectivity index (χ2n) is 7.82. The molecule has 0 aromatic carbocycles. The third-order valence-electron chi connectivity index (χ3n) is 4.34. The molecule has 3 nitrogen and oxygen atoms in total. The maximum atomic E-state index is 4.35. The smallest absolute Gasteiger partial charge is 0.138 e. The average molecular weight is 271 g/mol. The first-order valence-corrected chi connectivity index (χ1v) is 7.53. The molecular weight excluding hydrogens is 246 g/mol. The molecule has 2 heterocycles. The van der Waals surface area contributed by atoms with E-state index in [1.807, 2.05) is 18.5 Å². The minimum Gasteiger partial charge on any atom is -0.368 e. The van der Waals surface area contributed by atoms with Gasteiger partial charge < -0.3 is 5.32 Å². The molecule has 0 spiro atoms. The number of hydrogen-bond donors (Lipinski definition) is 1. The van der Waals surface area contributed by atoms with E-state index >= 15 is 0 Å². The number of anilines is 1. The molecule has 1 N–H and O–H groups in total. The van der Waals surface area contributed by atoms with Crippen molar-refractivity contribution in [2.24, 2.45) is 10.8 Å². The Bertz CT molecular complexity index is 593. The van der Waals surface area contributed by atoms with Crippen LogP contribution in [0.15, 0.2) is 30.6 Å². The summed E-state index contributed by atoms with van der Waals surface area (Å²) in [5.41, 5.74) is 1.81. The topological polar surface area (TPSA) is 29.3 Å². The molecule has 0 radical (unpaired) electrons. The molecule has 2 aromatic heterocycles. The van der Waals surface area contributed by atoms with Gasteiger partial charge in [-0.05, 0) is 42.2 Å². The van der Waals surface area contributed by atoms with E-state index in [1.54, 1.807) is 0 Å². The largest absolute Gasteiger partial charge is 0.368 e. The number of imidazole rings is 1. The van der Waals surface area contributed by atoms with Crippen LogP contribution in [0.2, 0.25) is 0 Å². The molecule has 20 heavy (non-hydrogen) atoms. The van der Waals surface area contributed by atoms with Crippen molar-refractivity contribution in [1.29, 1.82) is 0 Å². The Morgan fingerprint density at radius 1 is 1.15 bits per heavy atom. The molecule has 1 aliphatic carbocycles. The fraction of sp³-hybridized carbons (Fsp3) is 0.588.